The Balaban J connectivity index is 2.08. The van der Waals surface area contributed by atoms with Gasteiger partial charge >= 0.3 is 0 Å². The van der Waals surface area contributed by atoms with E-state index in [9.17, 15) is 0 Å². The lowest BCUT2D eigenvalue weighted by Gasteiger charge is -2.20. The van der Waals surface area contributed by atoms with Crippen LogP contribution in [0.2, 0.25) is 0 Å². The van der Waals surface area contributed by atoms with Gasteiger partial charge in [-0.15, -0.1) is 0 Å². The number of anilines is 1. The second-order valence-electron chi connectivity index (χ2n) is 5.61. The lowest BCUT2D eigenvalue weighted by Crippen LogP contribution is -2.08. The average molecular weight is 303 g/mol. The lowest BCUT2D eigenvalue weighted by molar-refractivity contribution is 0.790. The maximum absolute atomic E-state index is 4.62. The van der Waals surface area contributed by atoms with E-state index in [0.29, 0.717) is 0 Å². The molecule has 106 valence electrons. The van der Waals surface area contributed by atoms with Crippen molar-refractivity contribution in [2.24, 2.45) is 0 Å². The molecule has 0 aliphatic carbocycles. The molecule has 0 aliphatic rings. The first-order valence-electron chi connectivity index (χ1n) is 6.69. The Kier molecular flexibility index (Phi) is 4.71. The van der Waals surface area contributed by atoms with Crippen molar-refractivity contribution in [2.75, 3.05) is 4.72 Å². The second-order valence-corrected chi connectivity index (χ2v) is 7.60. The van der Waals surface area contributed by atoms with E-state index < -0.39 is 0 Å². The molecule has 0 spiro atoms. The third kappa shape index (κ3) is 3.97. The van der Waals surface area contributed by atoms with Crippen molar-refractivity contribution in [1.82, 2.24) is 0 Å². The van der Waals surface area contributed by atoms with Crippen molar-refractivity contribution < 1.29 is 0 Å². The molecule has 0 amide bonds. The molecule has 2 aromatic carbocycles. The fraction of sp³-hybridized carbons (Fsp3) is 0.294. The molecule has 0 atom stereocenters. The minimum absolute atomic E-state index is 0.104. The summed E-state index contributed by atoms with van der Waals surface area (Å²) in [5, 5.41) is 0. The minimum atomic E-state index is -0.104. The SMILES string of the molecule is Cc1ccc(SNc2ccc(C(C)(C)S)cc2C)cc1. The zero-order chi connectivity index (χ0) is 14.8. The minimum Gasteiger partial charge on any atom is -0.325 e. The lowest BCUT2D eigenvalue weighted by atomic mass is 9.99. The third-order valence-corrected chi connectivity index (χ3v) is 4.32. The molecule has 0 bridgehead atoms. The normalized spacial score (nSPS) is 11.4. The van der Waals surface area contributed by atoms with Gasteiger partial charge in [0.15, 0.2) is 0 Å². The summed E-state index contributed by atoms with van der Waals surface area (Å²) >= 11 is 6.26. The third-order valence-electron chi connectivity index (χ3n) is 3.23. The molecular formula is C17H21NS2. The van der Waals surface area contributed by atoms with Gasteiger partial charge in [-0.1, -0.05) is 29.8 Å². The zero-order valence-electron chi connectivity index (χ0n) is 12.4. The molecule has 3 heteroatoms. The standard InChI is InChI=1S/C17H21NS2/c1-12-5-8-15(9-6-12)20-18-16-10-7-14(11-13(16)2)17(3,4)19/h5-11,18-19H,1-4H3. The Morgan fingerprint density at radius 1 is 1.00 bits per heavy atom. The fourth-order valence-corrected chi connectivity index (χ4v) is 2.75. The Labute approximate surface area is 131 Å². The number of hydrogen-bond donors (Lipinski definition) is 2. The van der Waals surface area contributed by atoms with Crippen molar-refractivity contribution >= 4 is 30.3 Å². The summed E-state index contributed by atoms with van der Waals surface area (Å²) in [4.78, 5) is 1.22. The summed E-state index contributed by atoms with van der Waals surface area (Å²) in [6.07, 6.45) is 0. The predicted octanol–water partition coefficient (Wildman–Crippen LogP) is 5.59. The summed E-state index contributed by atoms with van der Waals surface area (Å²) in [6.45, 7) is 8.45. The first-order valence-corrected chi connectivity index (χ1v) is 7.95. The van der Waals surface area contributed by atoms with Crippen LogP contribution in [-0.2, 0) is 4.75 Å². The van der Waals surface area contributed by atoms with Gasteiger partial charge < -0.3 is 4.72 Å². The van der Waals surface area contributed by atoms with E-state index in [4.69, 9.17) is 0 Å². The molecule has 0 saturated carbocycles. The molecule has 0 heterocycles. The van der Waals surface area contributed by atoms with Crippen LogP contribution in [-0.4, -0.2) is 0 Å². The highest BCUT2D eigenvalue weighted by Gasteiger charge is 2.15. The Bertz CT molecular complexity index is 583. The smallest absolute Gasteiger partial charge is 0.0472 e. The van der Waals surface area contributed by atoms with Crippen LogP contribution in [0.25, 0.3) is 0 Å². The number of nitrogens with one attached hydrogen (secondary N) is 1. The summed E-state index contributed by atoms with van der Waals surface area (Å²) in [6, 6.07) is 15.0. The van der Waals surface area contributed by atoms with E-state index >= 15 is 0 Å². The van der Waals surface area contributed by atoms with Crippen molar-refractivity contribution in [2.45, 2.75) is 37.3 Å². The number of benzene rings is 2. The van der Waals surface area contributed by atoms with E-state index in [1.54, 1.807) is 11.9 Å². The first-order chi connectivity index (χ1) is 9.36. The summed E-state index contributed by atoms with van der Waals surface area (Å²) in [5.41, 5.74) is 4.91. The van der Waals surface area contributed by atoms with Gasteiger partial charge in [-0.25, -0.2) is 0 Å². The number of rotatable bonds is 4. The van der Waals surface area contributed by atoms with Crippen molar-refractivity contribution in [3.63, 3.8) is 0 Å². The van der Waals surface area contributed by atoms with Crippen LogP contribution in [0.5, 0.6) is 0 Å². The molecular weight excluding hydrogens is 282 g/mol. The number of aryl methyl sites for hydroxylation is 2. The van der Waals surface area contributed by atoms with Gasteiger partial charge in [-0.2, -0.15) is 12.6 Å². The zero-order valence-corrected chi connectivity index (χ0v) is 14.1. The molecule has 0 aromatic heterocycles. The molecule has 1 nitrogen and oxygen atoms in total. The molecule has 1 N–H and O–H groups in total. The van der Waals surface area contributed by atoms with Gasteiger partial charge in [0, 0.05) is 15.3 Å². The number of thiol groups is 1. The molecule has 2 aromatic rings. The van der Waals surface area contributed by atoms with E-state index in [-0.39, 0.29) is 4.75 Å². The van der Waals surface area contributed by atoms with Crippen molar-refractivity contribution in [1.29, 1.82) is 0 Å². The van der Waals surface area contributed by atoms with Crippen LogP contribution in [0.15, 0.2) is 47.4 Å². The van der Waals surface area contributed by atoms with Gasteiger partial charge in [-0.05, 0) is 69.0 Å². The molecule has 0 fully saturated rings. The highest BCUT2D eigenvalue weighted by atomic mass is 32.2. The molecule has 0 radical (unpaired) electrons. The highest BCUT2D eigenvalue weighted by Crippen LogP contribution is 2.31. The fourth-order valence-electron chi connectivity index (χ4n) is 1.88. The van der Waals surface area contributed by atoms with Crippen molar-refractivity contribution in [3.8, 4) is 0 Å². The van der Waals surface area contributed by atoms with Gasteiger partial charge in [0.2, 0.25) is 0 Å². The van der Waals surface area contributed by atoms with Gasteiger partial charge in [-0.3, -0.25) is 0 Å². The Morgan fingerprint density at radius 2 is 1.65 bits per heavy atom. The summed E-state index contributed by atoms with van der Waals surface area (Å²) < 4.78 is 3.32. The second kappa shape index (κ2) is 6.15. The Morgan fingerprint density at radius 3 is 2.20 bits per heavy atom. The molecule has 0 unspecified atom stereocenters. The summed E-state index contributed by atoms with van der Waals surface area (Å²) in [7, 11) is 0. The quantitative estimate of drug-likeness (QED) is 0.564. The molecule has 2 rings (SSSR count). The van der Waals surface area contributed by atoms with E-state index in [2.05, 4.69) is 87.5 Å². The number of hydrogen-bond acceptors (Lipinski definition) is 3. The highest BCUT2D eigenvalue weighted by molar-refractivity contribution is 8.00. The van der Waals surface area contributed by atoms with Crippen LogP contribution in [0.3, 0.4) is 0 Å². The molecule has 20 heavy (non-hydrogen) atoms. The van der Waals surface area contributed by atoms with Crippen LogP contribution in [0.4, 0.5) is 5.69 Å². The maximum atomic E-state index is 4.62. The monoisotopic (exact) mass is 303 g/mol. The topological polar surface area (TPSA) is 12.0 Å². The van der Waals surface area contributed by atoms with Gasteiger partial charge in [0.05, 0.1) is 0 Å². The van der Waals surface area contributed by atoms with E-state index in [0.717, 1.165) is 5.69 Å². The predicted molar refractivity (Wildman–Crippen MR) is 93.8 cm³/mol. The molecule has 0 saturated heterocycles. The van der Waals surface area contributed by atoms with Crippen LogP contribution >= 0.6 is 24.6 Å². The maximum Gasteiger partial charge on any atom is 0.0472 e. The van der Waals surface area contributed by atoms with Crippen LogP contribution < -0.4 is 4.72 Å². The van der Waals surface area contributed by atoms with Gasteiger partial charge in [0.25, 0.3) is 0 Å². The van der Waals surface area contributed by atoms with Crippen LogP contribution in [0.1, 0.15) is 30.5 Å². The van der Waals surface area contributed by atoms with Crippen LogP contribution in [0, 0.1) is 13.8 Å². The summed E-state index contributed by atoms with van der Waals surface area (Å²) in [5.74, 6) is 0. The first kappa shape index (κ1) is 15.3. The Hall–Kier alpha value is -1.06. The average Bonchev–Trinajstić information content (AvgIpc) is 2.38. The largest absolute Gasteiger partial charge is 0.325 e. The molecule has 0 aliphatic heterocycles. The van der Waals surface area contributed by atoms with E-state index in [1.807, 2.05) is 0 Å². The van der Waals surface area contributed by atoms with Gasteiger partial charge in [0.1, 0.15) is 0 Å². The van der Waals surface area contributed by atoms with Crippen molar-refractivity contribution in [3.05, 3.63) is 59.2 Å². The van der Waals surface area contributed by atoms with E-state index in [1.165, 1.54) is 21.6 Å².